The minimum Gasteiger partial charge on any atom is -0.282 e. The van der Waals surface area contributed by atoms with Crippen LogP contribution >= 0.6 is 34.7 Å². The smallest absolute Gasteiger partial charge is 0.282 e. The molecule has 0 amide bonds. The summed E-state index contributed by atoms with van der Waals surface area (Å²) in [4.78, 5) is 20.7. The lowest BCUT2D eigenvalue weighted by molar-refractivity contribution is 0.502. The van der Waals surface area contributed by atoms with Gasteiger partial charge in [0.05, 0.1) is 10.6 Å². The summed E-state index contributed by atoms with van der Waals surface area (Å²) in [6, 6.07) is 11.8. The minimum atomic E-state index is -3.61. The summed E-state index contributed by atoms with van der Waals surface area (Å²) in [5.74, 6) is -2.17. The van der Waals surface area contributed by atoms with Crippen molar-refractivity contribution in [2.24, 2.45) is 0 Å². The number of benzene rings is 2. The minimum absolute atomic E-state index is 0.0315. The van der Waals surface area contributed by atoms with Gasteiger partial charge in [-0.3, -0.25) is 9.36 Å². The maximum Gasteiger partial charge on any atom is 0.309 e. The van der Waals surface area contributed by atoms with E-state index in [2.05, 4.69) is 9.97 Å². The van der Waals surface area contributed by atoms with Crippen LogP contribution in [0.15, 0.2) is 63.4 Å². The molecule has 0 aliphatic heterocycles. The summed E-state index contributed by atoms with van der Waals surface area (Å²) in [5.41, 5.74) is 0.331. The number of halogens is 3. The molecule has 2 aromatic carbocycles. The van der Waals surface area contributed by atoms with Crippen molar-refractivity contribution >= 4 is 54.9 Å². The molecule has 2 heterocycles. The number of fused-ring (bicyclic) bond motifs is 1. The predicted octanol–water partition coefficient (Wildman–Crippen LogP) is 4.55. The summed E-state index contributed by atoms with van der Waals surface area (Å²) < 4.78 is 54.1. The lowest BCUT2D eigenvalue weighted by Crippen LogP contribution is -2.20. The van der Waals surface area contributed by atoms with E-state index in [4.69, 9.17) is 11.6 Å². The molecule has 0 aliphatic rings. The Balaban J connectivity index is 1.61. The Bertz CT molecular complexity index is 1460. The highest BCUT2D eigenvalue weighted by atomic mass is 35.5. The van der Waals surface area contributed by atoms with Crippen molar-refractivity contribution in [3.63, 3.8) is 0 Å². The Morgan fingerprint density at radius 3 is 2.56 bits per heavy atom. The molecule has 0 fully saturated rings. The zero-order chi connectivity index (χ0) is 22.9. The van der Waals surface area contributed by atoms with Crippen LogP contribution < -0.4 is 4.87 Å². The number of thioether (sulfide) groups is 1. The molecule has 4 aromatic rings. The topological polar surface area (TPSA) is 81.9 Å². The van der Waals surface area contributed by atoms with Gasteiger partial charge in [-0.25, -0.2) is 27.2 Å². The van der Waals surface area contributed by atoms with Gasteiger partial charge in [-0.1, -0.05) is 65.0 Å². The van der Waals surface area contributed by atoms with Gasteiger partial charge in [0.2, 0.25) is 0 Å². The SMILES string of the molecule is O=c1sc2c(Cl)nc(SCc3cccc(F)c3F)nc2n1CCS(=O)(=O)c1ccccc1. The van der Waals surface area contributed by atoms with Crippen LogP contribution in [-0.4, -0.2) is 28.7 Å². The van der Waals surface area contributed by atoms with Crippen LogP contribution in [0.4, 0.5) is 8.78 Å². The van der Waals surface area contributed by atoms with E-state index < -0.39 is 26.3 Å². The Morgan fingerprint density at radius 1 is 1.06 bits per heavy atom. The van der Waals surface area contributed by atoms with Gasteiger partial charge in [-0.05, 0) is 18.2 Å². The number of nitrogens with zero attached hydrogens (tertiary/aromatic N) is 3. The van der Waals surface area contributed by atoms with Gasteiger partial charge in [-0.15, -0.1) is 0 Å². The van der Waals surface area contributed by atoms with E-state index in [1.165, 1.54) is 28.8 Å². The van der Waals surface area contributed by atoms with Crippen LogP contribution in [0.3, 0.4) is 0 Å². The van der Waals surface area contributed by atoms with Crippen LogP contribution in [0.2, 0.25) is 5.15 Å². The molecular weight excluding hydrogens is 500 g/mol. The van der Waals surface area contributed by atoms with Gasteiger partial charge in [0.25, 0.3) is 0 Å². The van der Waals surface area contributed by atoms with Gasteiger partial charge >= 0.3 is 4.87 Å². The summed E-state index contributed by atoms with van der Waals surface area (Å²) in [5, 5.41) is 0.188. The van der Waals surface area contributed by atoms with Gasteiger partial charge in [0.15, 0.2) is 37.4 Å². The molecule has 0 atom stereocenters. The molecule has 0 spiro atoms. The molecule has 4 rings (SSSR count). The third kappa shape index (κ3) is 4.70. The number of thiazole rings is 1. The average Bonchev–Trinajstić information content (AvgIpc) is 3.10. The van der Waals surface area contributed by atoms with Crippen molar-refractivity contribution < 1.29 is 17.2 Å². The lowest BCUT2D eigenvalue weighted by atomic mass is 10.2. The van der Waals surface area contributed by atoms with E-state index in [0.717, 1.165) is 29.2 Å². The molecule has 6 nitrogen and oxygen atoms in total. The second-order valence-electron chi connectivity index (χ2n) is 6.60. The fourth-order valence-electron chi connectivity index (χ4n) is 2.91. The summed E-state index contributed by atoms with van der Waals surface area (Å²) in [7, 11) is -3.61. The normalized spacial score (nSPS) is 11.8. The van der Waals surface area contributed by atoms with Crippen LogP contribution in [0.1, 0.15) is 5.56 Å². The van der Waals surface area contributed by atoms with Crippen molar-refractivity contribution in [3.05, 3.63) is 80.5 Å². The van der Waals surface area contributed by atoms with Crippen molar-refractivity contribution in [1.29, 1.82) is 0 Å². The zero-order valence-electron chi connectivity index (χ0n) is 16.2. The number of rotatable bonds is 7. The van der Waals surface area contributed by atoms with Crippen molar-refractivity contribution in [3.8, 4) is 0 Å². The first-order chi connectivity index (χ1) is 15.3. The molecule has 0 saturated heterocycles. The highest BCUT2D eigenvalue weighted by molar-refractivity contribution is 7.98. The second kappa shape index (κ2) is 9.26. The molecule has 0 unspecified atom stereocenters. The molecule has 0 bridgehead atoms. The van der Waals surface area contributed by atoms with E-state index in [-0.39, 0.29) is 44.5 Å². The summed E-state index contributed by atoms with van der Waals surface area (Å²) >= 11 is 8.05. The van der Waals surface area contributed by atoms with E-state index in [0.29, 0.717) is 4.70 Å². The number of hydrogen-bond donors (Lipinski definition) is 0. The quantitative estimate of drug-likeness (QED) is 0.205. The molecule has 32 heavy (non-hydrogen) atoms. The third-order valence-electron chi connectivity index (χ3n) is 4.53. The maximum atomic E-state index is 13.9. The highest BCUT2D eigenvalue weighted by Gasteiger charge is 2.19. The fraction of sp³-hybridized carbons (Fsp3) is 0.150. The number of aryl methyl sites for hydroxylation is 1. The first-order valence-corrected chi connectivity index (χ1v) is 13.0. The number of hydrogen-bond acceptors (Lipinski definition) is 7. The predicted molar refractivity (Wildman–Crippen MR) is 121 cm³/mol. The Labute approximate surface area is 194 Å². The number of aromatic nitrogens is 3. The Hall–Kier alpha value is -2.34. The standard InChI is InChI=1S/C20H14ClF2N3O3S3/c21-17-16-18(25-19(24-17)30-11-12-5-4-8-14(22)15(12)23)26(20(27)31-16)9-10-32(28,29)13-6-2-1-3-7-13/h1-8H,9-11H2. The van der Waals surface area contributed by atoms with E-state index in [1.807, 2.05) is 0 Å². The van der Waals surface area contributed by atoms with Crippen molar-refractivity contribution in [2.45, 2.75) is 22.3 Å². The first-order valence-electron chi connectivity index (χ1n) is 9.16. The molecule has 0 N–H and O–H groups in total. The summed E-state index contributed by atoms with van der Waals surface area (Å²) in [6.45, 7) is -0.119. The molecule has 12 heteroatoms. The summed E-state index contributed by atoms with van der Waals surface area (Å²) in [6.07, 6.45) is 0. The van der Waals surface area contributed by atoms with Crippen LogP contribution in [0, 0.1) is 11.6 Å². The third-order valence-corrected chi connectivity index (χ3v) is 8.49. The molecule has 0 aliphatic carbocycles. The van der Waals surface area contributed by atoms with Gasteiger partial charge in [0, 0.05) is 17.9 Å². The zero-order valence-corrected chi connectivity index (χ0v) is 19.4. The maximum absolute atomic E-state index is 13.9. The molecule has 166 valence electrons. The van der Waals surface area contributed by atoms with Crippen LogP contribution in [0.5, 0.6) is 0 Å². The van der Waals surface area contributed by atoms with Gasteiger partial charge in [0.1, 0.15) is 4.70 Å². The highest BCUT2D eigenvalue weighted by Crippen LogP contribution is 2.29. The second-order valence-corrected chi connectivity index (χ2v) is 11.0. The van der Waals surface area contributed by atoms with Crippen molar-refractivity contribution in [1.82, 2.24) is 14.5 Å². The Morgan fingerprint density at radius 2 is 1.81 bits per heavy atom. The average molecular weight is 514 g/mol. The van der Waals surface area contributed by atoms with Gasteiger partial charge < -0.3 is 0 Å². The first kappa shape index (κ1) is 22.8. The fourth-order valence-corrected chi connectivity index (χ4v) is 6.13. The Kier molecular flexibility index (Phi) is 6.61. The van der Waals surface area contributed by atoms with E-state index in [9.17, 15) is 22.0 Å². The molecular formula is C20H14ClF2N3O3S3. The van der Waals surface area contributed by atoms with Gasteiger partial charge in [-0.2, -0.15) is 0 Å². The molecule has 0 saturated carbocycles. The van der Waals surface area contributed by atoms with E-state index in [1.54, 1.807) is 18.2 Å². The largest absolute Gasteiger partial charge is 0.309 e. The lowest BCUT2D eigenvalue weighted by Gasteiger charge is -2.07. The van der Waals surface area contributed by atoms with Crippen molar-refractivity contribution in [2.75, 3.05) is 5.75 Å². The van der Waals surface area contributed by atoms with Crippen LogP contribution in [0.25, 0.3) is 10.3 Å². The molecule has 0 radical (unpaired) electrons. The monoisotopic (exact) mass is 513 g/mol. The molecule has 2 aromatic heterocycles. The van der Waals surface area contributed by atoms with E-state index >= 15 is 0 Å². The number of sulfone groups is 1. The van der Waals surface area contributed by atoms with Crippen LogP contribution in [-0.2, 0) is 22.1 Å².